The minimum Gasteiger partial charge on any atom is -0.381 e. The second-order valence-electron chi connectivity index (χ2n) is 8.90. The Balaban J connectivity index is 1.31. The Morgan fingerprint density at radius 1 is 1.16 bits per heavy atom. The zero-order chi connectivity index (χ0) is 22.2. The average molecular weight is 440 g/mol. The molecule has 0 aliphatic carbocycles. The van der Waals surface area contributed by atoms with Crippen molar-refractivity contribution in [3.8, 4) is 0 Å². The largest absolute Gasteiger partial charge is 0.381 e. The van der Waals surface area contributed by atoms with Crippen LogP contribution < -0.4 is 5.32 Å². The molecule has 1 N–H and O–H groups in total. The summed E-state index contributed by atoms with van der Waals surface area (Å²) in [6, 6.07) is 17.3. The van der Waals surface area contributed by atoms with Gasteiger partial charge in [-0.2, -0.15) is 0 Å². The van der Waals surface area contributed by atoms with Crippen LogP contribution in [0.1, 0.15) is 30.4 Å². The van der Waals surface area contributed by atoms with Crippen molar-refractivity contribution in [3.63, 3.8) is 0 Å². The number of likely N-dealkylation sites (tertiary alicyclic amines) is 1. The van der Waals surface area contributed by atoms with Crippen molar-refractivity contribution in [2.45, 2.75) is 31.3 Å². The van der Waals surface area contributed by atoms with Gasteiger partial charge in [-0.05, 0) is 42.5 Å². The van der Waals surface area contributed by atoms with Crippen molar-refractivity contribution in [1.82, 2.24) is 10.2 Å². The molecule has 0 bridgehead atoms. The van der Waals surface area contributed by atoms with Crippen molar-refractivity contribution < 1.29 is 13.9 Å². The molecular formula is C26H34FN3O2. The lowest BCUT2D eigenvalue weighted by Crippen LogP contribution is -2.49. The number of rotatable bonds is 7. The molecule has 0 saturated carbocycles. The third kappa shape index (κ3) is 5.67. The Labute approximate surface area is 190 Å². The molecule has 2 aromatic carbocycles. The van der Waals surface area contributed by atoms with Gasteiger partial charge in [-0.3, -0.25) is 4.99 Å². The summed E-state index contributed by atoms with van der Waals surface area (Å²) in [4.78, 5) is 6.88. The minimum atomic E-state index is -0.197. The molecule has 2 saturated heterocycles. The molecule has 0 aromatic heterocycles. The van der Waals surface area contributed by atoms with Crippen LogP contribution in [0.3, 0.4) is 0 Å². The highest BCUT2D eigenvalue weighted by molar-refractivity contribution is 5.80. The zero-order valence-corrected chi connectivity index (χ0v) is 18.9. The predicted octanol–water partition coefficient (Wildman–Crippen LogP) is 3.99. The Morgan fingerprint density at radius 2 is 1.91 bits per heavy atom. The molecule has 0 radical (unpaired) electrons. The third-order valence-electron chi connectivity index (χ3n) is 6.75. The molecule has 2 aromatic rings. The average Bonchev–Trinajstić information content (AvgIpc) is 3.30. The van der Waals surface area contributed by atoms with Crippen LogP contribution in [0.25, 0.3) is 0 Å². The van der Waals surface area contributed by atoms with Gasteiger partial charge in [0.2, 0.25) is 0 Å². The second-order valence-corrected chi connectivity index (χ2v) is 8.90. The quantitative estimate of drug-likeness (QED) is 0.524. The molecule has 1 unspecified atom stereocenters. The van der Waals surface area contributed by atoms with Crippen molar-refractivity contribution in [1.29, 1.82) is 0 Å². The Hall–Kier alpha value is -2.44. The molecule has 1 atom stereocenters. The maximum atomic E-state index is 13.5. The van der Waals surface area contributed by atoms with E-state index >= 15 is 0 Å². The lowest BCUT2D eigenvalue weighted by Gasteiger charge is -2.39. The lowest BCUT2D eigenvalue weighted by atomic mass is 9.74. The standard InChI is InChI=1S/C26H34FN3O2/c1-28-25(30-14-11-22(17-30)19-32-18-21-5-3-2-4-6-21)29-20-26(12-15-31-16-13-26)23-7-9-24(27)10-8-23/h2-10,22H,11-20H2,1H3,(H,28,29). The van der Waals surface area contributed by atoms with Gasteiger partial charge in [-0.1, -0.05) is 42.5 Å². The van der Waals surface area contributed by atoms with Gasteiger partial charge >= 0.3 is 0 Å². The highest BCUT2D eigenvalue weighted by atomic mass is 19.1. The number of nitrogens with zero attached hydrogens (tertiary/aromatic N) is 2. The van der Waals surface area contributed by atoms with Crippen molar-refractivity contribution in [3.05, 3.63) is 71.5 Å². The van der Waals surface area contributed by atoms with E-state index in [-0.39, 0.29) is 11.2 Å². The predicted molar refractivity (Wildman–Crippen MR) is 125 cm³/mol. The van der Waals surface area contributed by atoms with Crippen LogP contribution in [0.5, 0.6) is 0 Å². The number of hydrogen-bond donors (Lipinski definition) is 1. The molecule has 172 valence electrons. The minimum absolute atomic E-state index is 0.0696. The van der Waals surface area contributed by atoms with Gasteiger partial charge in [0, 0.05) is 51.2 Å². The van der Waals surface area contributed by atoms with Crippen LogP contribution in [-0.4, -0.2) is 57.4 Å². The lowest BCUT2D eigenvalue weighted by molar-refractivity contribution is 0.0511. The second kappa shape index (κ2) is 10.9. The molecule has 6 heteroatoms. The molecule has 2 fully saturated rings. The molecule has 4 rings (SSSR count). The van der Waals surface area contributed by atoms with Crippen molar-refractivity contribution in [2.75, 3.05) is 46.5 Å². The maximum Gasteiger partial charge on any atom is 0.193 e. The van der Waals surface area contributed by atoms with Gasteiger partial charge in [0.1, 0.15) is 5.82 Å². The van der Waals surface area contributed by atoms with E-state index in [4.69, 9.17) is 9.47 Å². The van der Waals surface area contributed by atoms with Gasteiger partial charge in [0.15, 0.2) is 5.96 Å². The van der Waals surface area contributed by atoms with Crippen LogP contribution in [0.4, 0.5) is 4.39 Å². The normalized spacial score (nSPS) is 21.0. The van der Waals surface area contributed by atoms with E-state index in [1.807, 2.05) is 37.4 Å². The molecule has 2 aliphatic rings. The van der Waals surface area contributed by atoms with Gasteiger partial charge in [0.25, 0.3) is 0 Å². The number of halogens is 1. The summed E-state index contributed by atoms with van der Waals surface area (Å²) in [5.41, 5.74) is 2.31. The third-order valence-corrected chi connectivity index (χ3v) is 6.75. The highest BCUT2D eigenvalue weighted by Crippen LogP contribution is 2.34. The van der Waals surface area contributed by atoms with Gasteiger partial charge in [-0.25, -0.2) is 4.39 Å². The topological polar surface area (TPSA) is 46.1 Å². The summed E-state index contributed by atoms with van der Waals surface area (Å²) in [6.45, 7) is 5.56. The number of hydrogen-bond acceptors (Lipinski definition) is 3. The summed E-state index contributed by atoms with van der Waals surface area (Å²) in [5.74, 6) is 1.24. The maximum absolute atomic E-state index is 13.5. The first kappa shape index (κ1) is 22.7. The monoisotopic (exact) mass is 439 g/mol. The van der Waals surface area contributed by atoms with E-state index in [1.54, 1.807) is 12.1 Å². The fourth-order valence-electron chi connectivity index (χ4n) is 4.79. The van der Waals surface area contributed by atoms with E-state index < -0.39 is 0 Å². The molecular weight excluding hydrogens is 405 g/mol. The Kier molecular flexibility index (Phi) is 7.76. The van der Waals surface area contributed by atoms with Gasteiger partial charge < -0.3 is 19.7 Å². The summed E-state index contributed by atoms with van der Waals surface area (Å²) in [7, 11) is 1.84. The SMILES string of the molecule is CN=C(NCC1(c2ccc(F)cc2)CCOCC1)N1CCC(COCc2ccccc2)C1. The Bertz CT molecular complexity index is 866. The molecule has 5 nitrogen and oxygen atoms in total. The number of guanidine groups is 1. The molecule has 0 spiro atoms. The van der Waals surface area contributed by atoms with E-state index in [0.717, 1.165) is 64.7 Å². The number of aliphatic imine (C=N–C) groups is 1. The van der Waals surface area contributed by atoms with E-state index in [9.17, 15) is 4.39 Å². The first-order valence-electron chi connectivity index (χ1n) is 11.6. The number of nitrogens with one attached hydrogen (secondary N) is 1. The number of benzene rings is 2. The van der Waals surface area contributed by atoms with Gasteiger partial charge in [-0.15, -0.1) is 0 Å². The van der Waals surface area contributed by atoms with E-state index in [2.05, 4.69) is 27.3 Å². The van der Waals surface area contributed by atoms with Crippen LogP contribution in [0, 0.1) is 11.7 Å². The fraction of sp³-hybridized carbons (Fsp3) is 0.500. The zero-order valence-electron chi connectivity index (χ0n) is 18.9. The van der Waals surface area contributed by atoms with E-state index in [0.29, 0.717) is 12.5 Å². The smallest absolute Gasteiger partial charge is 0.193 e. The first-order chi connectivity index (χ1) is 15.7. The molecule has 32 heavy (non-hydrogen) atoms. The molecule has 2 aliphatic heterocycles. The van der Waals surface area contributed by atoms with Crippen LogP contribution in [0.2, 0.25) is 0 Å². The number of ether oxygens (including phenoxy) is 2. The summed E-state index contributed by atoms with van der Waals surface area (Å²) < 4.78 is 25.1. The summed E-state index contributed by atoms with van der Waals surface area (Å²) in [5, 5.41) is 3.62. The molecule has 0 amide bonds. The first-order valence-corrected chi connectivity index (χ1v) is 11.6. The molecule has 2 heterocycles. The van der Waals surface area contributed by atoms with Gasteiger partial charge in [0.05, 0.1) is 13.2 Å². The summed E-state index contributed by atoms with van der Waals surface area (Å²) in [6.07, 6.45) is 2.93. The van der Waals surface area contributed by atoms with Crippen LogP contribution in [-0.2, 0) is 21.5 Å². The van der Waals surface area contributed by atoms with Crippen LogP contribution >= 0.6 is 0 Å². The highest BCUT2D eigenvalue weighted by Gasteiger charge is 2.35. The van der Waals surface area contributed by atoms with Crippen molar-refractivity contribution in [2.24, 2.45) is 10.9 Å². The summed E-state index contributed by atoms with van der Waals surface area (Å²) >= 11 is 0. The fourth-order valence-corrected chi connectivity index (χ4v) is 4.79. The van der Waals surface area contributed by atoms with Crippen molar-refractivity contribution >= 4 is 5.96 Å². The van der Waals surface area contributed by atoms with E-state index in [1.165, 1.54) is 11.1 Å². The van der Waals surface area contributed by atoms with Crippen LogP contribution in [0.15, 0.2) is 59.6 Å². The Morgan fingerprint density at radius 3 is 2.62 bits per heavy atom.